The second-order valence-corrected chi connectivity index (χ2v) is 8.46. The van der Waals surface area contributed by atoms with E-state index in [-0.39, 0.29) is 34.5 Å². The lowest BCUT2D eigenvalue weighted by molar-refractivity contribution is 0.0778. The van der Waals surface area contributed by atoms with Crippen molar-refractivity contribution in [2.75, 3.05) is 25.1 Å². The van der Waals surface area contributed by atoms with Crippen molar-refractivity contribution in [3.05, 3.63) is 53.8 Å². The Morgan fingerprint density at radius 2 is 1.90 bits per heavy atom. The summed E-state index contributed by atoms with van der Waals surface area (Å²) in [6, 6.07) is 9.65. The van der Waals surface area contributed by atoms with E-state index >= 15 is 0 Å². The number of amides is 1. The quantitative estimate of drug-likeness (QED) is 0.523. The van der Waals surface area contributed by atoms with Gasteiger partial charge in [0, 0.05) is 13.2 Å². The molecule has 0 unspecified atom stereocenters. The normalized spacial score (nSPS) is 11.5. The second-order valence-electron chi connectivity index (χ2n) is 6.70. The summed E-state index contributed by atoms with van der Waals surface area (Å²) in [6.45, 7) is 6.52. The van der Waals surface area contributed by atoms with Gasteiger partial charge in [-0.1, -0.05) is 12.1 Å². The number of anilines is 1. The van der Waals surface area contributed by atoms with Gasteiger partial charge >= 0.3 is 0 Å². The molecule has 2 aromatic carbocycles. The molecule has 1 amide bonds. The van der Waals surface area contributed by atoms with Gasteiger partial charge in [-0.15, -0.1) is 0 Å². The van der Waals surface area contributed by atoms with E-state index in [1.165, 1.54) is 42.5 Å². The molecule has 164 valence electrons. The minimum atomic E-state index is -3.81. The monoisotopic (exact) mass is 438 g/mol. The van der Waals surface area contributed by atoms with E-state index in [0.29, 0.717) is 19.6 Å². The van der Waals surface area contributed by atoms with Crippen LogP contribution in [-0.2, 0) is 14.8 Å². The predicted molar refractivity (Wildman–Crippen MR) is 113 cm³/mol. The van der Waals surface area contributed by atoms with Crippen LogP contribution >= 0.6 is 0 Å². The molecule has 0 bridgehead atoms. The first-order valence-corrected chi connectivity index (χ1v) is 11.2. The van der Waals surface area contributed by atoms with E-state index in [4.69, 9.17) is 9.47 Å². The molecular weight excluding hydrogens is 411 g/mol. The van der Waals surface area contributed by atoms with Gasteiger partial charge < -0.3 is 14.8 Å². The lowest BCUT2D eigenvalue weighted by Gasteiger charge is -2.14. The molecule has 0 aliphatic rings. The molecule has 0 saturated carbocycles. The van der Waals surface area contributed by atoms with E-state index in [1.807, 2.05) is 13.8 Å². The van der Waals surface area contributed by atoms with E-state index in [9.17, 15) is 17.6 Å². The Balaban J connectivity index is 2.18. The number of carbonyl (C=O) groups excluding carboxylic acids is 1. The van der Waals surface area contributed by atoms with Gasteiger partial charge in [0.1, 0.15) is 11.6 Å². The van der Waals surface area contributed by atoms with Crippen molar-refractivity contribution in [3.8, 4) is 5.75 Å². The van der Waals surface area contributed by atoms with Gasteiger partial charge in [-0.25, -0.2) is 17.5 Å². The third-order valence-corrected chi connectivity index (χ3v) is 5.45. The minimum Gasteiger partial charge on any atom is -0.492 e. The Morgan fingerprint density at radius 1 is 1.17 bits per heavy atom. The Kier molecular flexibility index (Phi) is 8.76. The molecule has 0 saturated heterocycles. The summed E-state index contributed by atoms with van der Waals surface area (Å²) in [5.74, 6) is -1.10. The predicted octanol–water partition coefficient (Wildman–Crippen LogP) is 3.57. The molecule has 2 rings (SSSR count). The zero-order chi connectivity index (χ0) is 22.1. The minimum absolute atomic E-state index is 0.0421. The van der Waals surface area contributed by atoms with Crippen LogP contribution < -0.4 is 14.8 Å². The van der Waals surface area contributed by atoms with Gasteiger partial charge in [0.25, 0.3) is 5.91 Å². The molecule has 2 aromatic rings. The van der Waals surface area contributed by atoms with Crippen molar-refractivity contribution in [2.45, 2.75) is 38.2 Å². The summed E-state index contributed by atoms with van der Waals surface area (Å²) >= 11 is 0. The highest BCUT2D eigenvalue weighted by Gasteiger charge is 2.19. The number of nitrogens with one attached hydrogen (secondary N) is 2. The first-order chi connectivity index (χ1) is 14.2. The third kappa shape index (κ3) is 6.79. The van der Waals surface area contributed by atoms with Gasteiger partial charge in [0.15, 0.2) is 0 Å². The van der Waals surface area contributed by atoms with Crippen LogP contribution in [0.4, 0.5) is 10.1 Å². The van der Waals surface area contributed by atoms with Gasteiger partial charge in [-0.05, 0) is 57.5 Å². The maximum atomic E-state index is 13.9. The molecule has 0 aromatic heterocycles. The van der Waals surface area contributed by atoms with Gasteiger partial charge in [0.2, 0.25) is 10.0 Å². The van der Waals surface area contributed by atoms with Crippen LogP contribution in [0.1, 0.15) is 37.6 Å². The maximum absolute atomic E-state index is 13.9. The van der Waals surface area contributed by atoms with Crippen LogP contribution in [0, 0.1) is 5.82 Å². The molecule has 0 radical (unpaired) electrons. The Bertz CT molecular complexity index is 964. The maximum Gasteiger partial charge on any atom is 0.258 e. The first-order valence-electron chi connectivity index (χ1n) is 9.68. The molecule has 0 spiro atoms. The highest BCUT2D eigenvalue weighted by molar-refractivity contribution is 7.89. The smallest absolute Gasteiger partial charge is 0.258 e. The number of hydrogen-bond acceptors (Lipinski definition) is 5. The van der Waals surface area contributed by atoms with Crippen molar-refractivity contribution >= 4 is 21.6 Å². The fourth-order valence-corrected chi connectivity index (χ4v) is 3.67. The lowest BCUT2D eigenvalue weighted by Crippen LogP contribution is -2.26. The number of benzene rings is 2. The van der Waals surface area contributed by atoms with Gasteiger partial charge in [0.05, 0.1) is 28.9 Å². The fraction of sp³-hybridized carbons (Fsp3) is 0.381. The highest BCUT2D eigenvalue weighted by Crippen LogP contribution is 2.28. The van der Waals surface area contributed by atoms with Crippen LogP contribution in [0.15, 0.2) is 47.4 Å². The van der Waals surface area contributed by atoms with Crippen molar-refractivity contribution in [1.29, 1.82) is 0 Å². The van der Waals surface area contributed by atoms with Crippen LogP contribution in [0.5, 0.6) is 5.75 Å². The second kappa shape index (κ2) is 11.1. The largest absolute Gasteiger partial charge is 0.492 e. The number of sulfonamides is 1. The van der Waals surface area contributed by atoms with E-state index in [2.05, 4.69) is 10.0 Å². The number of halogens is 1. The average molecular weight is 439 g/mol. The molecule has 0 fully saturated rings. The van der Waals surface area contributed by atoms with E-state index < -0.39 is 21.7 Å². The third-order valence-electron chi connectivity index (χ3n) is 3.99. The SMILES string of the molecule is CCOc1ccc(S(=O)(=O)NCCCOC(C)C)cc1NC(=O)c1ccccc1F. The van der Waals surface area contributed by atoms with Gasteiger partial charge in [-0.2, -0.15) is 0 Å². The number of ether oxygens (including phenoxy) is 2. The molecule has 0 heterocycles. The first kappa shape index (κ1) is 23.8. The van der Waals surface area contributed by atoms with Crippen LogP contribution in [-0.4, -0.2) is 40.2 Å². The van der Waals surface area contributed by atoms with Crippen molar-refractivity contribution in [1.82, 2.24) is 4.72 Å². The summed E-state index contributed by atoms with van der Waals surface area (Å²) in [7, 11) is -3.81. The molecule has 2 N–H and O–H groups in total. The molecule has 0 aliphatic carbocycles. The fourth-order valence-electron chi connectivity index (χ4n) is 2.57. The Hall–Kier alpha value is -2.49. The van der Waals surface area contributed by atoms with Crippen molar-refractivity contribution < 1.29 is 27.1 Å². The zero-order valence-electron chi connectivity index (χ0n) is 17.3. The molecule has 0 atom stereocenters. The van der Waals surface area contributed by atoms with Crippen molar-refractivity contribution in [2.24, 2.45) is 0 Å². The summed E-state index contributed by atoms with van der Waals surface area (Å²) in [5, 5.41) is 2.54. The molecule has 7 nitrogen and oxygen atoms in total. The van der Waals surface area contributed by atoms with E-state index in [1.54, 1.807) is 6.92 Å². The molecule has 9 heteroatoms. The number of hydrogen-bond donors (Lipinski definition) is 2. The summed E-state index contributed by atoms with van der Waals surface area (Å²) in [5.41, 5.74) is -0.0207. The summed E-state index contributed by atoms with van der Waals surface area (Å²) in [6.07, 6.45) is 0.596. The van der Waals surface area contributed by atoms with Crippen LogP contribution in [0.3, 0.4) is 0 Å². The number of carbonyl (C=O) groups is 1. The molecule has 0 aliphatic heterocycles. The van der Waals surface area contributed by atoms with Crippen molar-refractivity contribution in [3.63, 3.8) is 0 Å². The summed E-state index contributed by atoms with van der Waals surface area (Å²) in [4.78, 5) is 12.4. The number of rotatable bonds is 11. The highest BCUT2D eigenvalue weighted by atomic mass is 32.2. The topological polar surface area (TPSA) is 93.7 Å². The molecular formula is C21H27FN2O5S. The van der Waals surface area contributed by atoms with Gasteiger partial charge in [-0.3, -0.25) is 4.79 Å². The standard InChI is InChI=1S/C21H27FN2O5S/c1-4-28-20-11-10-16(30(26,27)23-12-7-13-29-15(2)3)14-19(20)24-21(25)17-8-5-6-9-18(17)22/h5-6,8-11,14-15,23H,4,7,12-13H2,1-3H3,(H,24,25). The Labute approximate surface area is 176 Å². The Morgan fingerprint density at radius 3 is 2.57 bits per heavy atom. The lowest BCUT2D eigenvalue weighted by atomic mass is 10.2. The zero-order valence-corrected chi connectivity index (χ0v) is 18.1. The molecule has 30 heavy (non-hydrogen) atoms. The average Bonchev–Trinajstić information content (AvgIpc) is 2.69. The van der Waals surface area contributed by atoms with Crippen LogP contribution in [0.2, 0.25) is 0 Å². The summed E-state index contributed by atoms with van der Waals surface area (Å²) < 4.78 is 52.5. The van der Waals surface area contributed by atoms with Crippen LogP contribution in [0.25, 0.3) is 0 Å². The van der Waals surface area contributed by atoms with E-state index in [0.717, 1.165) is 0 Å².